The Kier molecular flexibility index (Phi) is 6.85. The molecule has 10 heteroatoms. The zero-order chi connectivity index (χ0) is 25.9. The predicted molar refractivity (Wildman–Crippen MR) is 138 cm³/mol. The summed E-state index contributed by atoms with van der Waals surface area (Å²) >= 11 is 0. The van der Waals surface area contributed by atoms with Crippen LogP contribution in [0.25, 0.3) is 22.2 Å². The number of benzene rings is 2. The Morgan fingerprint density at radius 2 is 2.00 bits per heavy atom. The summed E-state index contributed by atoms with van der Waals surface area (Å²) in [7, 11) is 3.18. The van der Waals surface area contributed by atoms with Gasteiger partial charge in [0.2, 0.25) is 5.95 Å². The van der Waals surface area contributed by atoms with Crippen LogP contribution in [0.4, 0.5) is 11.6 Å². The normalized spacial score (nSPS) is 15.4. The number of nitrogens with zero attached hydrogens (tertiary/aromatic N) is 2. The maximum absolute atomic E-state index is 12.8. The number of nitrogens with one attached hydrogen (secondary N) is 2. The molecule has 0 aliphatic carbocycles. The Morgan fingerprint density at radius 3 is 2.73 bits per heavy atom. The van der Waals surface area contributed by atoms with E-state index in [0.717, 1.165) is 5.56 Å². The van der Waals surface area contributed by atoms with Crippen LogP contribution in [0.3, 0.4) is 0 Å². The van der Waals surface area contributed by atoms with E-state index in [1.807, 2.05) is 18.2 Å². The molecule has 4 aromatic rings. The van der Waals surface area contributed by atoms with Crippen molar-refractivity contribution in [3.8, 4) is 22.8 Å². The van der Waals surface area contributed by atoms with E-state index >= 15 is 0 Å². The molecule has 2 aromatic heterocycles. The smallest absolute Gasteiger partial charge is 0.347 e. The lowest BCUT2D eigenvalue weighted by Crippen LogP contribution is -2.35. The average molecular weight is 503 g/mol. The fourth-order valence-corrected chi connectivity index (χ4v) is 4.43. The molecule has 5 rings (SSSR count). The molecule has 1 aliphatic heterocycles. The number of hydrogen-bond donors (Lipinski definition) is 2. The highest BCUT2D eigenvalue weighted by molar-refractivity contribution is 6.00. The van der Waals surface area contributed by atoms with E-state index in [0.29, 0.717) is 65.1 Å². The van der Waals surface area contributed by atoms with Gasteiger partial charge in [0.25, 0.3) is 0 Å². The standard InChI is InChI=1S/C27H26N4O6/c1-15(32)24-25(23-14-28-10-11-36-23)19-6-4-16(12-22(19)37-26(24)33)30-27-29-9-8-20(31-27)18-7-5-17(34-2)13-21(18)35-3/h4-9,12-13,23,28H,10-11,14H2,1-3H3,(H,29,30,31). The zero-order valence-corrected chi connectivity index (χ0v) is 20.7. The van der Waals surface area contributed by atoms with Crippen molar-refractivity contribution in [2.24, 2.45) is 0 Å². The molecule has 0 spiro atoms. The number of aromatic nitrogens is 2. The summed E-state index contributed by atoms with van der Waals surface area (Å²) in [6, 6.07) is 12.6. The number of fused-ring (bicyclic) bond motifs is 1. The van der Waals surface area contributed by atoms with E-state index in [-0.39, 0.29) is 11.3 Å². The van der Waals surface area contributed by atoms with E-state index < -0.39 is 11.7 Å². The van der Waals surface area contributed by atoms with Gasteiger partial charge in [-0.05, 0) is 37.3 Å². The number of Topliss-reactive ketones (excluding diaryl/α,β-unsaturated/α-hetero) is 1. The highest BCUT2D eigenvalue weighted by atomic mass is 16.5. The van der Waals surface area contributed by atoms with Crippen molar-refractivity contribution in [2.75, 3.05) is 39.2 Å². The van der Waals surface area contributed by atoms with E-state index in [1.165, 1.54) is 6.92 Å². The lowest BCUT2D eigenvalue weighted by molar-refractivity contribution is 0.0277. The molecular weight excluding hydrogens is 476 g/mol. The maximum atomic E-state index is 12.8. The van der Waals surface area contributed by atoms with Crippen LogP contribution in [0.15, 0.2) is 57.9 Å². The topological polar surface area (TPSA) is 125 Å². The number of carbonyl (C=O) groups is 1. The number of rotatable bonds is 7. The molecule has 2 N–H and O–H groups in total. The SMILES string of the molecule is COc1ccc(-c2ccnc(Nc3ccc4c(C5CNCCO5)c(C(C)=O)c(=O)oc4c3)n2)c(OC)c1. The van der Waals surface area contributed by atoms with Crippen LogP contribution in [0.2, 0.25) is 0 Å². The second-order valence-electron chi connectivity index (χ2n) is 8.47. The molecule has 0 radical (unpaired) electrons. The van der Waals surface area contributed by atoms with E-state index in [2.05, 4.69) is 20.6 Å². The van der Waals surface area contributed by atoms with Gasteiger partial charge in [-0.1, -0.05) is 0 Å². The molecule has 0 bridgehead atoms. The summed E-state index contributed by atoms with van der Waals surface area (Å²) in [6.07, 6.45) is 1.21. The molecule has 1 saturated heterocycles. The van der Waals surface area contributed by atoms with Crippen molar-refractivity contribution >= 4 is 28.4 Å². The first-order valence-electron chi connectivity index (χ1n) is 11.7. The molecule has 1 atom stereocenters. The molecule has 0 saturated carbocycles. The first kappa shape index (κ1) is 24.4. The third-order valence-electron chi connectivity index (χ3n) is 6.15. The van der Waals surface area contributed by atoms with E-state index in [1.54, 1.807) is 44.7 Å². The first-order chi connectivity index (χ1) is 18.0. The summed E-state index contributed by atoms with van der Waals surface area (Å²) < 4.78 is 22.2. The first-order valence-corrected chi connectivity index (χ1v) is 11.7. The minimum Gasteiger partial charge on any atom is -0.497 e. The Balaban J connectivity index is 1.51. The summed E-state index contributed by atoms with van der Waals surface area (Å²) in [5, 5.41) is 7.05. The Bertz CT molecular complexity index is 1530. The van der Waals surface area contributed by atoms with Crippen LogP contribution < -0.4 is 25.7 Å². The number of ketones is 1. The molecule has 0 amide bonds. The summed E-state index contributed by atoms with van der Waals surface area (Å²) in [5.41, 5.74) is 2.25. The fraction of sp³-hybridized carbons (Fsp3) is 0.259. The van der Waals surface area contributed by atoms with Crippen LogP contribution in [0.1, 0.15) is 28.9 Å². The number of morpholine rings is 1. The molecule has 1 aliphatic rings. The lowest BCUT2D eigenvalue weighted by Gasteiger charge is -2.26. The number of hydrogen-bond acceptors (Lipinski definition) is 10. The maximum Gasteiger partial charge on any atom is 0.347 e. The molecule has 37 heavy (non-hydrogen) atoms. The molecule has 1 unspecified atom stereocenters. The van der Waals surface area contributed by atoms with Crippen molar-refractivity contribution in [3.05, 3.63) is 70.2 Å². The average Bonchev–Trinajstić information content (AvgIpc) is 2.92. The molecule has 10 nitrogen and oxygen atoms in total. The summed E-state index contributed by atoms with van der Waals surface area (Å²) in [6.45, 7) is 3.04. The highest BCUT2D eigenvalue weighted by Gasteiger charge is 2.27. The van der Waals surface area contributed by atoms with Gasteiger partial charge in [0.15, 0.2) is 5.78 Å². The number of carbonyl (C=O) groups excluding carboxylic acids is 1. The van der Waals surface area contributed by atoms with Crippen LogP contribution in [0, 0.1) is 0 Å². The largest absolute Gasteiger partial charge is 0.497 e. The lowest BCUT2D eigenvalue weighted by atomic mass is 9.96. The van der Waals surface area contributed by atoms with Gasteiger partial charge in [-0.2, -0.15) is 0 Å². The molecular formula is C27H26N4O6. The fourth-order valence-electron chi connectivity index (χ4n) is 4.43. The summed E-state index contributed by atoms with van der Waals surface area (Å²) in [4.78, 5) is 34.1. The minimum absolute atomic E-state index is 0.0198. The predicted octanol–water partition coefficient (Wildman–Crippen LogP) is 3.87. The van der Waals surface area contributed by atoms with Crippen molar-refractivity contribution in [1.29, 1.82) is 0 Å². The van der Waals surface area contributed by atoms with E-state index in [4.69, 9.17) is 18.6 Å². The number of methoxy groups -OCH3 is 2. The summed E-state index contributed by atoms with van der Waals surface area (Å²) in [5.74, 6) is 1.27. The van der Waals surface area contributed by atoms with E-state index in [9.17, 15) is 9.59 Å². The van der Waals surface area contributed by atoms with Crippen LogP contribution in [0.5, 0.6) is 11.5 Å². The monoisotopic (exact) mass is 502 g/mol. The second kappa shape index (κ2) is 10.4. The van der Waals surface area contributed by atoms with Gasteiger partial charge in [0.05, 0.1) is 32.6 Å². The van der Waals surface area contributed by atoms with Crippen LogP contribution >= 0.6 is 0 Å². The number of ether oxygens (including phenoxy) is 3. The van der Waals surface area contributed by atoms with Gasteiger partial charge >= 0.3 is 5.63 Å². The Morgan fingerprint density at radius 1 is 1.14 bits per heavy atom. The van der Waals surface area contributed by atoms with Gasteiger partial charge in [0, 0.05) is 53.6 Å². The third-order valence-corrected chi connectivity index (χ3v) is 6.15. The van der Waals surface area contributed by atoms with Crippen LogP contribution in [-0.2, 0) is 4.74 Å². The quantitative estimate of drug-likeness (QED) is 0.284. The van der Waals surface area contributed by atoms with Crippen LogP contribution in [-0.4, -0.2) is 49.7 Å². The second-order valence-corrected chi connectivity index (χ2v) is 8.47. The molecule has 190 valence electrons. The van der Waals surface area contributed by atoms with Crippen molar-refractivity contribution < 1.29 is 23.4 Å². The van der Waals surface area contributed by atoms with Crippen molar-refractivity contribution in [1.82, 2.24) is 15.3 Å². The number of anilines is 2. The van der Waals surface area contributed by atoms with Crippen molar-refractivity contribution in [2.45, 2.75) is 13.0 Å². The zero-order valence-electron chi connectivity index (χ0n) is 20.7. The molecule has 2 aromatic carbocycles. The van der Waals surface area contributed by atoms with Gasteiger partial charge in [0.1, 0.15) is 22.6 Å². The van der Waals surface area contributed by atoms with Gasteiger partial charge in [-0.15, -0.1) is 0 Å². The van der Waals surface area contributed by atoms with Gasteiger partial charge in [-0.25, -0.2) is 14.8 Å². The highest BCUT2D eigenvalue weighted by Crippen LogP contribution is 2.34. The molecule has 3 heterocycles. The Hall–Kier alpha value is -4.28. The van der Waals surface area contributed by atoms with Crippen molar-refractivity contribution in [3.63, 3.8) is 0 Å². The van der Waals surface area contributed by atoms with Gasteiger partial charge in [-0.3, -0.25) is 4.79 Å². The van der Waals surface area contributed by atoms with Gasteiger partial charge < -0.3 is 29.3 Å². The molecule has 1 fully saturated rings. The third kappa shape index (κ3) is 4.89. The minimum atomic E-state index is -0.689. The Labute approximate surface area is 212 Å².